The molecule has 2 nitrogen and oxygen atoms in total. The summed E-state index contributed by atoms with van der Waals surface area (Å²) >= 11 is 0. The van der Waals surface area contributed by atoms with Crippen LogP contribution in [0, 0.1) is 11.3 Å². The fourth-order valence-corrected chi connectivity index (χ4v) is 4.02. The molecular formula is C16H32N2. The average molecular weight is 252 g/mol. The van der Waals surface area contributed by atoms with E-state index < -0.39 is 0 Å². The van der Waals surface area contributed by atoms with Crippen LogP contribution < -0.4 is 5.73 Å². The Morgan fingerprint density at radius 1 is 1.22 bits per heavy atom. The van der Waals surface area contributed by atoms with Gasteiger partial charge in [-0.2, -0.15) is 0 Å². The van der Waals surface area contributed by atoms with Crippen LogP contribution in [0.5, 0.6) is 0 Å². The molecule has 1 aliphatic heterocycles. The predicted octanol–water partition coefficient (Wildman–Crippen LogP) is 3.40. The summed E-state index contributed by atoms with van der Waals surface area (Å²) in [6.07, 6.45) is 9.39. The van der Waals surface area contributed by atoms with Crippen molar-refractivity contribution in [1.82, 2.24) is 4.90 Å². The predicted molar refractivity (Wildman–Crippen MR) is 78.6 cm³/mol. The molecule has 2 fully saturated rings. The third-order valence-corrected chi connectivity index (χ3v) is 5.26. The smallest absolute Gasteiger partial charge is 0.00927 e. The van der Waals surface area contributed by atoms with Crippen LogP contribution >= 0.6 is 0 Å². The first-order valence-corrected chi connectivity index (χ1v) is 8.01. The van der Waals surface area contributed by atoms with Crippen LogP contribution in [0.3, 0.4) is 0 Å². The van der Waals surface area contributed by atoms with Gasteiger partial charge in [0.15, 0.2) is 0 Å². The zero-order valence-electron chi connectivity index (χ0n) is 12.6. The second-order valence-corrected chi connectivity index (χ2v) is 7.38. The molecule has 1 aliphatic carbocycles. The maximum absolute atomic E-state index is 6.38. The van der Waals surface area contributed by atoms with Gasteiger partial charge in [-0.3, -0.25) is 0 Å². The minimum absolute atomic E-state index is 0.442. The van der Waals surface area contributed by atoms with Gasteiger partial charge in [0.2, 0.25) is 0 Å². The van der Waals surface area contributed by atoms with Crippen LogP contribution in [0.1, 0.15) is 65.7 Å². The molecule has 1 saturated carbocycles. The summed E-state index contributed by atoms with van der Waals surface area (Å²) in [6.45, 7) is 9.73. The lowest BCUT2D eigenvalue weighted by Gasteiger charge is -2.44. The zero-order valence-corrected chi connectivity index (χ0v) is 12.6. The number of rotatable bonds is 3. The summed E-state index contributed by atoms with van der Waals surface area (Å²) in [5, 5.41) is 0. The highest BCUT2D eigenvalue weighted by Crippen LogP contribution is 2.39. The summed E-state index contributed by atoms with van der Waals surface area (Å²) in [6, 6.07) is 1.27. The number of hydrogen-bond donors (Lipinski definition) is 1. The molecule has 0 bridgehead atoms. The van der Waals surface area contributed by atoms with Crippen LogP contribution in [0.15, 0.2) is 0 Å². The molecule has 3 atom stereocenters. The van der Waals surface area contributed by atoms with Gasteiger partial charge in [0.05, 0.1) is 0 Å². The molecule has 2 N–H and O–H groups in total. The third-order valence-electron chi connectivity index (χ3n) is 5.26. The minimum atomic E-state index is 0.442. The van der Waals surface area contributed by atoms with Crippen molar-refractivity contribution in [1.29, 1.82) is 0 Å². The molecule has 18 heavy (non-hydrogen) atoms. The summed E-state index contributed by atoms with van der Waals surface area (Å²) < 4.78 is 0. The lowest BCUT2D eigenvalue weighted by atomic mass is 9.70. The van der Waals surface area contributed by atoms with Crippen molar-refractivity contribution < 1.29 is 0 Å². The van der Waals surface area contributed by atoms with Crippen LogP contribution in [0.25, 0.3) is 0 Å². The minimum Gasteiger partial charge on any atom is -0.327 e. The summed E-state index contributed by atoms with van der Waals surface area (Å²) in [5.74, 6) is 0.723. The molecule has 106 valence electrons. The van der Waals surface area contributed by atoms with Gasteiger partial charge in [-0.25, -0.2) is 0 Å². The zero-order chi connectivity index (χ0) is 13.2. The monoisotopic (exact) mass is 252 g/mol. The lowest BCUT2D eigenvalue weighted by Crippen LogP contribution is -2.49. The topological polar surface area (TPSA) is 29.3 Å². The van der Waals surface area contributed by atoms with E-state index in [9.17, 15) is 0 Å². The van der Waals surface area contributed by atoms with Crippen molar-refractivity contribution in [3.8, 4) is 0 Å². The van der Waals surface area contributed by atoms with Crippen LogP contribution in [0.2, 0.25) is 0 Å². The Hall–Kier alpha value is -0.0800. The molecule has 2 aliphatic rings. The number of nitrogens with two attached hydrogens (primary N) is 1. The lowest BCUT2D eigenvalue weighted by molar-refractivity contribution is 0.0730. The molecule has 3 unspecified atom stereocenters. The number of piperidine rings is 1. The van der Waals surface area contributed by atoms with Gasteiger partial charge in [0.1, 0.15) is 0 Å². The van der Waals surface area contributed by atoms with Gasteiger partial charge in [-0.1, -0.05) is 27.2 Å². The van der Waals surface area contributed by atoms with E-state index >= 15 is 0 Å². The van der Waals surface area contributed by atoms with Crippen molar-refractivity contribution in [3.63, 3.8) is 0 Å². The molecule has 0 amide bonds. The molecule has 1 saturated heterocycles. The van der Waals surface area contributed by atoms with E-state index in [4.69, 9.17) is 5.73 Å². The van der Waals surface area contributed by atoms with Gasteiger partial charge >= 0.3 is 0 Å². The van der Waals surface area contributed by atoms with E-state index in [1.165, 1.54) is 58.0 Å². The fraction of sp³-hybridized carbons (Fsp3) is 1.00. The van der Waals surface area contributed by atoms with Crippen LogP contribution in [-0.2, 0) is 0 Å². The first-order chi connectivity index (χ1) is 8.52. The molecule has 2 heteroatoms. The molecule has 2 rings (SSSR count). The fourth-order valence-electron chi connectivity index (χ4n) is 4.02. The SMILES string of the molecule is CCC1CCCCN1CC1CC(C)(C)CCC1N. The summed E-state index contributed by atoms with van der Waals surface area (Å²) in [7, 11) is 0. The Labute approximate surface area is 113 Å². The number of likely N-dealkylation sites (tertiary alicyclic amines) is 1. The van der Waals surface area contributed by atoms with Crippen molar-refractivity contribution in [2.45, 2.75) is 77.8 Å². The Morgan fingerprint density at radius 3 is 2.72 bits per heavy atom. The molecule has 1 heterocycles. The van der Waals surface area contributed by atoms with Gasteiger partial charge in [0.25, 0.3) is 0 Å². The Morgan fingerprint density at radius 2 is 2.00 bits per heavy atom. The van der Waals surface area contributed by atoms with Crippen molar-refractivity contribution >= 4 is 0 Å². The molecule has 0 radical (unpaired) electrons. The summed E-state index contributed by atoms with van der Waals surface area (Å²) in [4.78, 5) is 2.75. The quantitative estimate of drug-likeness (QED) is 0.834. The molecule has 0 aromatic rings. The normalized spacial score (nSPS) is 37.7. The van der Waals surface area contributed by atoms with Crippen LogP contribution in [-0.4, -0.2) is 30.1 Å². The average Bonchev–Trinajstić information content (AvgIpc) is 2.34. The molecule has 0 spiro atoms. The van der Waals surface area contributed by atoms with Gasteiger partial charge in [-0.15, -0.1) is 0 Å². The second-order valence-electron chi connectivity index (χ2n) is 7.38. The standard InChI is InChI=1S/C16H32N2/c1-4-14-7-5-6-10-18(14)12-13-11-16(2,3)9-8-15(13)17/h13-15H,4-12,17H2,1-3H3. The first-order valence-electron chi connectivity index (χ1n) is 8.01. The van der Waals surface area contributed by atoms with Crippen molar-refractivity contribution in [3.05, 3.63) is 0 Å². The summed E-state index contributed by atoms with van der Waals surface area (Å²) in [5.41, 5.74) is 6.89. The number of hydrogen-bond acceptors (Lipinski definition) is 2. The van der Waals surface area contributed by atoms with E-state index in [1.807, 2.05) is 0 Å². The molecule has 0 aromatic heterocycles. The van der Waals surface area contributed by atoms with E-state index in [0.717, 1.165) is 12.0 Å². The maximum atomic E-state index is 6.38. The second kappa shape index (κ2) is 5.92. The largest absolute Gasteiger partial charge is 0.327 e. The Bertz CT molecular complexity index is 262. The van der Waals surface area contributed by atoms with E-state index in [-0.39, 0.29) is 0 Å². The van der Waals surface area contributed by atoms with Gasteiger partial charge in [0, 0.05) is 18.6 Å². The van der Waals surface area contributed by atoms with E-state index in [0.29, 0.717) is 11.5 Å². The highest BCUT2D eigenvalue weighted by molar-refractivity contribution is 4.90. The number of nitrogens with zero attached hydrogens (tertiary/aromatic N) is 1. The highest BCUT2D eigenvalue weighted by atomic mass is 15.2. The maximum Gasteiger partial charge on any atom is 0.00927 e. The van der Waals surface area contributed by atoms with Crippen molar-refractivity contribution in [2.24, 2.45) is 17.1 Å². The molecule has 0 aromatic carbocycles. The van der Waals surface area contributed by atoms with Gasteiger partial charge < -0.3 is 10.6 Å². The van der Waals surface area contributed by atoms with Crippen LogP contribution in [0.4, 0.5) is 0 Å². The van der Waals surface area contributed by atoms with E-state index in [2.05, 4.69) is 25.7 Å². The third kappa shape index (κ3) is 3.48. The first kappa shape index (κ1) is 14.3. The highest BCUT2D eigenvalue weighted by Gasteiger charge is 2.35. The van der Waals surface area contributed by atoms with E-state index in [1.54, 1.807) is 0 Å². The van der Waals surface area contributed by atoms with Gasteiger partial charge in [-0.05, 0) is 56.4 Å². The molecular weight excluding hydrogens is 220 g/mol. The Kier molecular flexibility index (Phi) is 4.71. The Balaban J connectivity index is 1.93. The van der Waals surface area contributed by atoms with Crippen molar-refractivity contribution in [2.75, 3.05) is 13.1 Å².